The van der Waals surface area contributed by atoms with Crippen LogP contribution in [0.25, 0.3) is 72.3 Å². The van der Waals surface area contributed by atoms with Crippen LogP contribution in [0.2, 0.25) is 0 Å². The van der Waals surface area contributed by atoms with Gasteiger partial charge in [-0.15, -0.1) is 0 Å². The zero-order valence-corrected chi connectivity index (χ0v) is 39.6. The molecule has 0 fully saturated rings. The average molecular weight is 886 g/mol. The molecule has 67 heavy (non-hydrogen) atoms. The number of nitrogens with zero attached hydrogens (tertiary/aromatic N) is 4. The molecular weight excluding hydrogens is 817 g/mol. The van der Waals surface area contributed by atoms with Crippen molar-refractivity contribution in [1.29, 1.82) is 0 Å². The summed E-state index contributed by atoms with van der Waals surface area (Å²) in [7, 11) is 0. The Kier molecular flexibility index (Phi) is 8.60. The number of imidazole rings is 1. The Morgan fingerprint density at radius 1 is 0.597 bits per heavy atom. The van der Waals surface area contributed by atoms with Crippen LogP contribution in [-0.4, -0.2) is 14.1 Å². The van der Waals surface area contributed by atoms with Gasteiger partial charge in [0.25, 0.3) is 6.33 Å². The number of aromatic nitrogens is 4. The predicted octanol–water partition coefficient (Wildman–Crippen LogP) is 15.8. The summed E-state index contributed by atoms with van der Waals surface area (Å²) in [5.41, 5.74) is 5.51. The molecule has 10 rings (SSSR count). The van der Waals surface area contributed by atoms with Crippen molar-refractivity contribution < 1.29 is 21.6 Å². The summed E-state index contributed by atoms with van der Waals surface area (Å²) in [6.45, 7) is 17.4. The summed E-state index contributed by atoms with van der Waals surface area (Å²) < 4.78 is 95.0. The Balaban J connectivity index is 1.17. The number of ether oxygens (including phenoxy) is 1. The third kappa shape index (κ3) is 8.91. The smallest absolute Gasteiger partial charge is 0.269 e. The molecule has 0 atom stereocenters. The molecule has 0 bridgehead atoms. The van der Waals surface area contributed by atoms with Gasteiger partial charge in [-0.05, 0) is 116 Å². The van der Waals surface area contributed by atoms with Crippen LogP contribution >= 0.6 is 0 Å². The van der Waals surface area contributed by atoms with E-state index in [9.17, 15) is 8.22 Å². The lowest BCUT2D eigenvalue weighted by Crippen LogP contribution is -2.31. The number of hydrogen-bond donors (Lipinski definition) is 0. The molecule has 3 heterocycles. The fraction of sp³-hybridized carbons (Fsp3) is 0.226. The lowest BCUT2D eigenvalue weighted by atomic mass is 9.82. The largest absolute Gasteiger partial charge is 0.458 e. The molecule has 0 N–H and O–H groups in total. The zero-order chi connectivity index (χ0) is 54.6. The van der Waals surface area contributed by atoms with E-state index in [2.05, 4.69) is 62.0 Å². The molecule has 0 unspecified atom stereocenters. The Labute approximate surface area is 408 Å². The Morgan fingerprint density at radius 3 is 1.96 bits per heavy atom. The van der Waals surface area contributed by atoms with E-state index in [4.69, 9.17) is 13.8 Å². The highest BCUT2D eigenvalue weighted by molar-refractivity contribution is 6.09. The molecule has 5 heteroatoms. The molecule has 334 valence electrons. The fourth-order valence-electron chi connectivity index (χ4n) is 8.90. The molecule has 0 aliphatic rings. The van der Waals surface area contributed by atoms with E-state index < -0.39 is 53.8 Å². The second-order valence-electron chi connectivity index (χ2n) is 20.3. The molecule has 0 radical (unpaired) electrons. The molecule has 0 aliphatic carbocycles. The van der Waals surface area contributed by atoms with Crippen molar-refractivity contribution in [2.75, 3.05) is 0 Å². The average Bonchev–Trinajstić information content (AvgIpc) is 3.96. The van der Waals surface area contributed by atoms with Crippen molar-refractivity contribution in [2.24, 2.45) is 10.8 Å². The van der Waals surface area contributed by atoms with E-state index in [1.807, 2.05) is 136 Å². The van der Waals surface area contributed by atoms with E-state index >= 15 is 0 Å². The summed E-state index contributed by atoms with van der Waals surface area (Å²) in [6.07, 6.45) is 1.59. The van der Waals surface area contributed by atoms with Crippen molar-refractivity contribution in [1.82, 2.24) is 14.1 Å². The number of fused-ring (bicyclic) bond motifs is 4. The second-order valence-corrected chi connectivity index (χ2v) is 20.3. The Hall–Kier alpha value is -7.24. The molecule has 5 nitrogen and oxygen atoms in total. The van der Waals surface area contributed by atoms with Gasteiger partial charge in [0.15, 0.2) is 0 Å². The van der Waals surface area contributed by atoms with E-state index in [0.29, 0.717) is 45.1 Å². The molecule has 0 spiro atoms. The standard InChI is InChI=1S/C62H60N4O/c1-60(2,3)39-42-33-43(40-61(4,5)6)35-45(34-42)51-25-18-24-50(44-19-11-10-12-20-44)59(51)65-41-64(55-27-15-16-28-56(55)65)47-21-17-22-48(37-47)67-49-29-30-53-52-23-13-14-26-54(52)66(57(53)38-49)58-36-46(31-32-63-58)62(7,8)9/h10-38H,39-40H2,1-9H3/i10D,11D,12D,19D,20D,39D2,40D2. The number of benzene rings is 7. The van der Waals surface area contributed by atoms with Gasteiger partial charge in [-0.25, -0.2) is 4.98 Å². The molecule has 3 aromatic heterocycles. The lowest BCUT2D eigenvalue weighted by molar-refractivity contribution is -0.571. The van der Waals surface area contributed by atoms with Crippen LogP contribution in [0.5, 0.6) is 11.5 Å². The van der Waals surface area contributed by atoms with E-state index in [0.717, 1.165) is 33.1 Å². The van der Waals surface area contributed by atoms with Crippen LogP contribution in [0.3, 0.4) is 0 Å². The monoisotopic (exact) mass is 886 g/mol. The van der Waals surface area contributed by atoms with E-state index in [-0.39, 0.29) is 22.1 Å². The van der Waals surface area contributed by atoms with E-state index in [1.54, 1.807) is 30.3 Å². The van der Waals surface area contributed by atoms with Gasteiger partial charge in [-0.2, -0.15) is 0 Å². The SMILES string of the molecule is [2H]c1c([2H])c([2H])c(-c2cccc(-c3cc(C([2H])([2H])C(C)(C)C)cc(C([2H])([2H])C(C)(C)C)c3)c2-[n+]2[c-]n(-c3cccc(Oc4ccc5c6ccccc6n(-c6cc(C(C)(C)C)ccn6)c5c4)c3)c3ccccc32)c([2H])c1[2H]. The van der Waals surface area contributed by atoms with Crippen molar-refractivity contribution in [3.63, 3.8) is 0 Å². The van der Waals surface area contributed by atoms with Gasteiger partial charge in [-0.1, -0.05) is 177 Å². The van der Waals surface area contributed by atoms with Crippen molar-refractivity contribution in [2.45, 2.75) is 80.5 Å². The molecule has 0 saturated carbocycles. The van der Waals surface area contributed by atoms with Gasteiger partial charge in [0.2, 0.25) is 0 Å². The normalized spacial score (nSPS) is 14.7. The van der Waals surface area contributed by atoms with Crippen LogP contribution < -0.4 is 9.30 Å². The molecule has 0 saturated heterocycles. The predicted molar refractivity (Wildman–Crippen MR) is 278 cm³/mol. The Bertz CT molecular complexity index is 3870. The van der Waals surface area contributed by atoms with Crippen molar-refractivity contribution in [3.8, 4) is 50.9 Å². The number of rotatable bonds is 9. The van der Waals surface area contributed by atoms with Gasteiger partial charge in [-0.3, -0.25) is 13.7 Å². The minimum absolute atomic E-state index is 0.0314. The van der Waals surface area contributed by atoms with Crippen molar-refractivity contribution in [3.05, 3.63) is 199 Å². The first-order valence-electron chi connectivity index (χ1n) is 27.3. The maximum Gasteiger partial charge on any atom is 0.269 e. The number of pyridine rings is 1. The maximum absolute atomic E-state index is 9.48. The topological polar surface area (TPSA) is 35.9 Å². The van der Waals surface area contributed by atoms with Crippen LogP contribution in [0, 0.1) is 17.2 Å². The molecule has 7 aromatic carbocycles. The summed E-state index contributed by atoms with van der Waals surface area (Å²) in [6, 6.07) is 42.0. The fourth-order valence-corrected chi connectivity index (χ4v) is 8.90. The van der Waals surface area contributed by atoms with Gasteiger partial charge in [0.1, 0.15) is 17.3 Å². The Morgan fingerprint density at radius 2 is 1.24 bits per heavy atom. The molecular formula is C62H60N4O. The number of para-hydroxylation sites is 4. The highest BCUT2D eigenvalue weighted by Crippen LogP contribution is 2.39. The first kappa shape index (κ1) is 34.1. The summed E-state index contributed by atoms with van der Waals surface area (Å²) in [4.78, 5) is 4.85. The van der Waals surface area contributed by atoms with Gasteiger partial charge >= 0.3 is 0 Å². The van der Waals surface area contributed by atoms with E-state index in [1.165, 1.54) is 5.56 Å². The van der Waals surface area contributed by atoms with Crippen molar-refractivity contribution >= 4 is 32.8 Å². The van der Waals surface area contributed by atoms with Crippen LogP contribution in [0.15, 0.2) is 176 Å². The van der Waals surface area contributed by atoms with Gasteiger partial charge in [0.05, 0.1) is 40.3 Å². The van der Waals surface area contributed by atoms with Crippen LogP contribution in [-0.2, 0) is 18.2 Å². The highest BCUT2D eigenvalue weighted by Gasteiger charge is 2.23. The number of hydrogen-bond acceptors (Lipinski definition) is 2. The molecule has 0 amide bonds. The van der Waals surface area contributed by atoms with Crippen LogP contribution in [0.1, 0.15) is 91.3 Å². The second kappa shape index (κ2) is 16.9. The van der Waals surface area contributed by atoms with Gasteiger partial charge in [0, 0.05) is 28.5 Å². The molecule has 0 aliphatic heterocycles. The first-order valence-corrected chi connectivity index (χ1v) is 22.8. The highest BCUT2D eigenvalue weighted by atomic mass is 16.5. The zero-order valence-electron chi connectivity index (χ0n) is 48.6. The van der Waals surface area contributed by atoms with Gasteiger partial charge < -0.3 is 4.74 Å². The summed E-state index contributed by atoms with van der Waals surface area (Å²) in [5, 5.41) is 2.16. The summed E-state index contributed by atoms with van der Waals surface area (Å²) >= 11 is 0. The lowest BCUT2D eigenvalue weighted by Gasteiger charge is -2.23. The quantitative estimate of drug-likeness (QED) is 0.107. The minimum Gasteiger partial charge on any atom is -0.458 e. The third-order valence-electron chi connectivity index (χ3n) is 11.7. The summed E-state index contributed by atoms with van der Waals surface area (Å²) in [5.74, 6) is 1.97. The third-order valence-corrected chi connectivity index (χ3v) is 11.7. The van der Waals surface area contributed by atoms with Crippen LogP contribution in [0.4, 0.5) is 0 Å². The maximum atomic E-state index is 9.48. The minimum atomic E-state index is -1.93. The molecule has 10 aromatic rings. The first-order chi connectivity index (χ1) is 35.7.